The number of alkyl halides is 6. The zero-order valence-electron chi connectivity index (χ0n) is 17.1. The van der Waals surface area contributed by atoms with E-state index >= 15 is 0 Å². The molecule has 0 spiro atoms. The van der Waals surface area contributed by atoms with Gasteiger partial charge in [-0.1, -0.05) is 6.92 Å². The van der Waals surface area contributed by atoms with Crippen LogP contribution in [0.3, 0.4) is 0 Å². The molecule has 33 heavy (non-hydrogen) atoms. The predicted octanol–water partition coefficient (Wildman–Crippen LogP) is 5.22. The van der Waals surface area contributed by atoms with Gasteiger partial charge in [0.05, 0.1) is 30.5 Å². The Morgan fingerprint density at radius 3 is 2.27 bits per heavy atom. The lowest BCUT2D eigenvalue weighted by atomic mass is 10.1. The van der Waals surface area contributed by atoms with Crippen LogP contribution >= 0.6 is 0 Å². The van der Waals surface area contributed by atoms with Crippen molar-refractivity contribution >= 4 is 11.6 Å². The summed E-state index contributed by atoms with van der Waals surface area (Å²) in [4.78, 5) is 14.0. The van der Waals surface area contributed by atoms with Crippen LogP contribution in [0.15, 0.2) is 45.4 Å². The molecule has 0 aliphatic rings. The van der Waals surface area contributed by atoms with Crippen molar-refractivity contribution in [3.63, 3.8) is 0 Å². The van der Waals surface area contributed by atoms with Gasteiger partial charge in [-0.15, -0.1) is 10.2 Å². The Balaban J connectivity index is 1.72. The standard InChI is InChI=1S/C20H18F6N4O3/c1-2-5-30(11-17-28-29-18(33-17)15-4-3-6-32-15)10-16(31)27-14-8-12(19(21,22)23)7-13(9-14)20(24,25)26/h3-4,6-9H,2,5,10-11H2,1H3,(H,27,31). The highest BCUT2D eigenvalue weighted by Crippen LogP contribution is 2.37. The van der Waals surface area contributed by atoms with Crippen LogP contribution in [-0.2, 0) is 23.7 Å². The minimum Gasteiger partial charge on any atom is -0.459 e. The fourth-order valence-corrected chi connectivity index (χ4v) is 2.97. The summed E-state index contributed by atoms with van der Waals surface area (Å²) in [5, 5.41) is 9.80. The SMILES string of the molecule is CCCN(CC(=O)Nc1cc(C(F)(F)F)cc(C(F)(F)F)c1)Cc1nnc(-c2ccco2)o1. The minimum atomic E-state index is -5.02. The first kappa shape index (κ1) is 24.3. The zero-order chi connectivity index (χ0) is 24.2. The largest absolute Gasteiger partial charge is 0.459 e. The van der Waals surface area contributed by atoms with Gasteiger partial charge in [0.2, 0.25) is 11.8 Å². The second kappa shape index (κ2) is 9.65. The molecule has 0 atom stereocenters. The maximum absolute atomic E-state index is 13.0. The number of hydrogen-bond acceptors (Lipinski definition) is 6. The molecule has 0 fully saturated rings. The number of carbonyl (C=O) groups excluding carboxylic acids is 1. The van der Waals surface area contributed by atoms with Gasteiger partial charge in [0, 0.05) is 5.69 Å². The lowest BCUT2D eigenvalue weighted by Crippen LogP contribution is -2.33. The van der Waals surface area contributed by atoms with Gasteiger partial charge in [-0.25, -0.2) is 0 Å². The molecular weight excluding hydrogens is 458 g/mol. The molecule has 0 unspecified atom stereocenters. The maximum Gasteiger partial charge on any atom is 0.416 e. The molecule has 3 rings (SSSR count). The summed E-state index contributed by atoms with van der Waals surface area (Å²) in [5.74, 6) is -0.180. The van der Waals surface area contributed by atoms with E-state index in [-0.39, 0.29) is 30.9 Å². The van der Waals surface area contributed by atoms with Gasteiger partial charge in [-0.2, -0.15) is 26.3 Å². The summed E-state index contributed by atoms with van der Waals surface area (Å²) in [5.41, 5.74) is -3.65. The maximum atomic E-state index is 13.0. The van der Waals surface area contributed by atoms with E-state index < -0.39 is 35.1 Å². The number of anilines is 1. The summed E-state index contributed by atoms with van der Waals surface area (Å²) in [6, 6.07) is 4.13. The molecule has 0 aliphatic heterocycles. The number of benzene rings is 1. The molecule has 2 heterocycles. The summed E-state index contributed by atoms with van der Waals surface area (Å²) in [7, 11) is 0. The third-order valence-electron chi connectivity index (χ3n) is 4.34. The smallest absolute Gasteiger partial charge is 0.416 e. The third-order valence-corrected chi connectivity index (χ3v) is 4.34. The summed E-state index contributed by atoms with van der Waals surface area (Å²) in [6.07, 6.45) is -8.00. The lowest BCUT2D eigenvalue weighted by Gasteiger charge is -2.20. The van der Waals surface area contributed by atoms with E-state index in [0.29, 0.717) is 30.9 Å². The van der Waals surface area contributed by atoms with Crippen LogP contribution in [-0.4, -0.2) is 34.1 Å². The van der Waals surface area contributed by atoms with Crippen molar-refractivity contribution in [1.82, 2.24) is 15.1 Å². The number of aromatic nitrogens is 2. The minimum absolute atomic E-state index is 0.00870. The van der Waals surface area contributed by atoms with E-state index in [2.05, 4.69) is 15.5 Å². The number of nitrogens with zero attached hydrogens (tertiary/aromatic N) is 3. The molecule has 3 aromatic rings. The summed E-state index contributed by atoms with van der Waals surface area (Å²) >= 11 is 0. The Bertz CT molecular complexity index is 1040. The molecule has 178 valence electrons. The Morgan fingerprint density at radius 2 is 1.73 bits per heavy atom. The topological polar surface area (TPSA) is 84.4 Å². The molecule has 7 nitrogen and oxygen atoms in total. The predicted molar refractivity (Wildman–Crippen MR) is 103 cm³/mol. The second-order valence-electron chi connectivity index (χ2n) is 7.03. The van der Waals surface area contributed by atoms with Crippen molar-refractivity contribution in [2.45, 2.75) is 32.2 Å². The van der Waals surface area contributed by atoms with Crippen LogP contribution in [0.4, 0.5) is 32.0 Å². The Hall–Kier alpha value is -3.35. The molecule has 13 heteroatoms. The molecule has 0 bridgehead atoms. The molecule has 1 amide bonds. The molecule has 0 saturated heterocycles. The number of halogens is 6. The van der Waals surface area contributed by atoms with Gasteiger partial charge in [0.15, 0.2) is 5.76 Å². The van der Waals surface area contributed by atoms with Crippen LogP contribution in [0.5, 0.6) is 0 Å². The van der Waals surface area contributed by atoms with E-state index in [0.717, 1.165) is 0 Å². The van der Waals surface area contributed by atoms with Crippen molar-refractivity contribution in [3.8, 4) is 11.7 Å². The molecule has 0 aliphatic carbocycles. The van der Waals surface area contributed by atoms with Crippen LogP contribution < -0.4 is 5.32 Å². The van der Waals surface area contributed by atoms with Crippen LogP contribution in [0, 0.1) is 0 Å². The van der Waals surface area contributed by atoms with Gasteiger partial charge in [0.1, 0.15) is 0 Å². The highest BCUT2D eigenvalue weighted by molar-refractivity contribution is 5.92. The quantitative estimate of drug-likeness (QED) is 0.449. The van der Waals surface area contributed by atoms with E-state index in [4.69, 9.17) is 8.83 Å². The van der Waals surface area contributed by atoms with Crippen LogP contribution in [0.2, 0.25) is 0 Å². The van der Waals surface area contributed by atoms with E-state index in [9.17, 15) is 31.1 Å². The zero-order valence-corrected chi connectivity index (χ0v) is 17.1. The monoisotopic (exact) mass is 476 g/mol. The first-order chi connectivity index (χ1) is 15.5. The van der Waals surface area contributed by atoms with Crippen molar-refractivity contribution in [2.75, 3.05) is 18.4 Å². The van der Waals surface area contributed by atoms with Crippen molar-refractivity contribution in [3.05, 3.63) is 53.6 Å². The number of hydrogen-bond donors (Lipinski definition) is 1. The Labute approximate surface area is 183 Å². The average Bonchev–Trinajstić information content (AvgIpc) is 3.38. The molecule has 1 aromatic carbocycles. The molecule has 0 saturated carbocycles. The number of rotatable bonds is 8. The van der Waals surface area contributed by atoms with Gasteiger partial charge < -0.3 is 14.2 Å². The van der Waals surface area contributed by atoms with Crippen LogP contribution in [0.1, 0.15) is 30.4 Å². The highest BCUT2D eigenvalue weighted by Gasteiger charge is 2.37. The van der Waals surface area contributed by atoms with Gasteiger partial charge in [-0.3, -0.25) is 9.69 Å². The van der Waals surface area contributed by atoms with E-state index in [1.54, 1.807) is 17.0 Å². The summed E-state index contributed by atoms with van der Waals surface area (Å²) in [6.45, 7) is 1.91. The molecule has 1 N–H and O–H groups in total. The van der Waals surface area contributed by atoms with Gasteiger partial charge in [-0.05, 0) is 43.3 Å². The van der Waals surface area contributed by atoms with Gasteiger partial charge >= 0.3 is 12.4 Å². The molecule has 0 radical (unpaired) electrons. The molecule has 2 aromatic heterocycles. The Morgan fingerprint density at radius 1 is 1.06 bits per heavy atom. The van der Waals surface area contributed by atoms with E-state index in [1.165, 1.54) is 6.26 Å². The third kappa shape index (κ3) is 6.57. The first-order valence-electron chi connectivity index (χ1n) is 9.63. The number of carbonyl (C=O) groups is 1. The van der Waals surface area contributed by atoms with E-state index in [1.807, 2.05) is 6.92 Å². The summed E-state index contributed by atoms with van der Waals surface area (Å²) < 4.78 is 88.7. The highest BCUT2D eigenvalue weighted by atomic mass is 19.4. The average molecular weight is 476 g/mol. The first-order valence-corrected chi connectivity index (χ1v) is 9.63. The number of amides is 1. The number of furan rings is 1. The fraction of sp³-hybridized carbons (Fsp3) is 0.350. The molecular formula is C20H18F6N4O3. The van der Waals surface area contributed by atoms with Crippen LogP contribution in [0.25, 0.3) is 11.7 Å². The fourth-order valence-electron chi connectivity index (χ4n) is 2.97. The van der Waals surface area contributed by atoms with Crippen molar-refractivity contribution in [2.24, 2.45) is 0 Å². The lowest BCUT2D eigenvalue weighted by molar-refractivity contribution is -0.143. The van der Waals surface area contributed by atoms with Crippen molar-refractivity contribution < 1.29 is 40.0 Å². The Kier molecular flexibility index (Phi) is 7.10. The number of nitrogens with one attached hydrogen (secondary N) is 1. The van der Waals surface area contributed by atoms with Crippen molar-refractivity contribution in [1.29, 1.82) is 0 Å². The van der Waals surface area contributed by atoms with Gasteiger partial charge in [0.25, 0.3) is 5.89 Å². The second-order valence-corrected chi connectivity index (χ2v) is 7.03. The normalized spacial score (nSPS) is 12.4.